The molecule has 0 aromatic heterocycles. The number of piperidine rings is 1. The second-order valence-electron chi connectivity index (χ2n) is 8.26. The molecule has 2 aromatic carbocycles. The van der Waals surface area contributed by atoms with Gasteiger partial charge in [-0.15, -0.1) is 0 Å². The van der Waals surface area contributed by atoms with Gasteiger partial charge in [0.1, 0.15) is 5.75 Å². The average Bonchev–Trinajstić information content (AvgIpc) is 3.22. The predicted molar refractivity (Wildman–Crippen MR) is 122 cm³/mol. The maximum Gasteiger partial charge on any atom is 0.228 e. The highest BCUT2D eigenvalue weighted by atomic mass is 16.5. The van der Waals surface area contributed by atoms with E-state index < -0.39 is 0 Å². The largest absolute Gasteiger partial charge is 0.492 e. The number of carbonyl (C=O) groups excluding carboxylic acids is 3. The molecule has 1 atom stereocenters. The first-order valence-corrected chi connectivity index (χ1v) is 11.2. The van der Waals surface area contributed by atoms with Crippen molar-refractivity contribution in [1.29, 1.82) is 0 Å². The Bertz CT molecular complexity index is 970. The highest BCUT2D eigenvalue weighted by molar-refractivity contribution is 6.00. The summed E-state index contributed by atoms with van der Waals surface area (Å²) in [6, 6.07) is 16.9. The zero-order valence-electron chi connectivity index (χ0n) is 18.3. The first kappa shape index (κ1) is 21.9. The number of nitrogens with zero attached hydrogens (tertiary/aromatic N) is 2. The molecule has 3 amide bonds. The molecule has 2 fully saturated rings. The summed E-state index contributed by atoms with van der Waals surface area (Å²) in [5, 5.41) is 2.98. The van der Waals surface area contributed by atoms with Crippen molar-refractivity contribution in [3.63, 3.8) is 0 Å². The van der Waals surface area contributed by atoms with Crippen LogP contribution in [0.1, 0.15) is 26.2 Å². The van der Waals surface area contributed by atoms with Gasteiger partial charge in [0.2, 0.25) is 17.7 Å². The number of rotatable bonds is 6. The minimum absolute atomic E-state index is 0.0114. The maximum absolute atomic E-state index is 13.0. The molecule has 0 bridgehead atoms. The summed E-state index contributed by atoms with van der Waals surface area (Å²) in [6.07, 6.45) is 1.46. The van der Waals surface area contributed by atoms with E-state index in [0.29, 0.717) is 50.5 Å². The van der Waals surface area contributed by atoms with Crippen molar-refractivity contribution < 1.29 is 19.1 Å². The molecule has 168 valence electrons. The topological polar surface area (TPSA) is 79.0 Å². The molecule has 0 saturated carbocycles. The van der Waals surface area contributed by atoms with Gasteiger partial charge in [-0.05, 0) is 44.0 Å². The van der Waals surface area contributed by atoms with E-state index in [2.05, 4.69) is 5.32 Å². The molecule has 0 radical (unpaired) electrons. The summed E-state index contributed by atoms with van der Waals surface area (Å²) in [5.74, 6) is 0.125. The van der Waals surface area contributed by atoms with Crippen LogP contribution in [0.2, 0.25) is 0 Å². The third kappa shape index (κ3) is 4.77. The molecule has 2 saturated heterocycles. The van der Waals surface area contributed by atoms with Crippen LogP contribution >= 0.6 is 0 Å². The van der Waals surface area contributed by atoms with E-state index in [4.69, 9.17) is 4.74 Å². The molecule has 2 heterocycles. The van der Waals surface area contributed by atoms with Crippen LogP contribution in [0.3, 0.4) is 0 Å². The lowest BCUT2D eigenvalue weighted by Gasteiger charge is -2.33. The number of hydrogen-bond acceptors (Lipinski definition) is 4. The van der Waals surface area contributed by atoms with Gasteiger partial charge in [-0.3, -0.25) is 14.4 Å². The van der Waals surface area contributed by atoms with Crippen molar-refractivity contribution >= 4 is 29.1 Å². The van der Waals surface area contributed by atoms with Crippen LogP contribution in [0, 0.1) is 11.8 Å². The van der Waals surface area contributed by atoms with E-state index in [1.807, 2.05) is 66.4 Å². The Balaban J connectivity index is 1.30. The number of likely N-dealkylation sites (tertiary alicyclic amines) is 1. The molecule has 2 aliphatic heterocycles. The van der Waals surface area contributed by atoms with Crippen LogP contribution in [-0.2, 0) is 14.4 Å². The lowest BCUT2D eigenvalue weighted by atomic mass is 9.94. The molecule has 7 heteroatoms. The number of ether oxygens (including phenoxy) is 1. The van der Waals surface area contributed by atoms with Crippen molar-refractivity contribution in [1.82, 2.24) is 4.90 Å². The molecule has 1 unspecified atom stereocenters. The van der Waals surface area contributed by atoms with Crippen molar-refractivity contribution in [2.24, 2.45) is 11.8 Å². The minimum atomic E-state index is -0.328. The zero-order valence-corrected chi connectivity index (χ0v) is 18.3. The number of para-hydroxylation sites is 3. The van der Waals surface area contributed by atoms with Crippen LogP contribution in [0.4, 0.5) is 11.4 Å². The van der Waals surface area contributed by atoms with E-state index in [-0.39, 0.29) is 36.0 Å². The number of carbonyl (C=O) groups is 3. The monoisotopic (exact) mass is 435 g/mol. The van der Waals surface area contributed by atoms with E-state index in [1.165, 1.54) is 0 Å². The van der Waals surface area contributed by atoms with Crippen molar-refractivity contribution in [3.05, 3.63) is 54.6 Å². The quantitative estimate of drug-likeness (QED) is 0.755. The Morgan fingerprint density at radius 1 is 1.00 bits per heavy atom. The number of anilines is 2. The van der Waals surface area contributed by atoms with E-state index >= 15 is 0 Å². The SMILES string of the molecule is CCOc1ccccc1NC(=O)C1CCN(C(=O)C2CC(=O)N(c3ccccc3)C2)CC1. The van der Waals surface area contributed by atoms with E-state index in [9.17, 15) is 14.4 Å². The van der Waals surface area contributed by atoms with Crippen LogP contribution < -0.4 is 15.0 Å². The Morgan fingerprint density at radius 2 is 1.69 bits per heavy atom. The first-order valence-electron chi connectivity index (χ1n) is 11.2. The summed E-state index contributed by atoms with van der Waals surface area (Å²) in [6.45, 7) is 3.90. The number of nitrogens with one attached hydrogen (secondary N) is 1. The summed E-state index contributed by atoms with van der Waals surface area (Å²) in [5.41, 5.74) is 1.50. The molecule has 0 spiro atoms. The van der Waals surface area contributed by atoms with Gasteiger partial charge in [0.05, 0.1) is 18.2 Å². The molecule has 4 rings (SSSR count). The van der Waals surface area contributed by atoms with Gasteiger partial charge >= 0.3 is 0 Å². The van der Waals surface area contributed by atoms with Crippen LogP contribution in [0.25, 0.3) is 0 Å². The molecule has 2 aromatic rings. The third-order valence-electron chi connectivity index (χ3n) is 6.16. The Hall–Kier alpha value is -3.35. The Morgan fingerprint density at radius 3 is 2.41 bits per heavy atom. The van der Waals surface area contributed by atoms with Gasteiger partial charge < -0.3 is 19.9 Å². The second-order valence-corrected chi connectivity index (χ2v) is 8.26. The van der Waals surface area contributed by atoms with Gasteiger partial charge in [-0.2, -0.15) is 0 Å². The smallest absolute Gasteiger partial charge is 0.228 e. The molecular formula is C25H29N3O4. The van der Waals surface area contributed by atoms with Crippen LogP contribution in [-0.4, -0.2) is 48.9 Å². The fourth-order valence-electron chi connectivity index (χ4n) is 4.44. The number of benzene rings is 2. The molecular weight excluding hydrogens is 406 g/mol. The van der Waals surface area contributed by atoms with Crippen LogP contribution in [0.5, 0.6) is 5.75 Å². The highest BCUT2D eigenvalue weighted by Gasteiger charge is 2.38. The van der Waals surface area contributed by atoms with Gasteiger partial charge in [0.15, 0.2) is 0 Å². The van der Waals surface area contributed by atoms with Crippen LogP contribution in [0.15, 0.2) is 54.6 Å². The lowest BCUT2D eigenvalue weighted by Crippen LogP contribution is -2.44. The Labute approximate surface area is 188 Å². The standard InChI is InChI=1S/C25H29N3O4/c1-2-32-22-11-7-6-10-21(22)26-24(30)18-12-14-27(15-13-18)25(31)19-16-23(29)28(17-19)20-8-4-3-5-9-20/h3-11,18-19H,2,12-17H2,1H3,(H,26,30). The summed E-state index contributed by atoms with van der Waals surface area (Å²) in [4.78, 5) is 41.8. The van der Waals surface area contributed by atoms with E-state index in [1.54, 1.807) is 4.90 Å². The van der Waals surface area contributed by atoms with Gasteiger partial charge in [-0.1, -0.05) is 30.3 Å². The molecule has 0 aliphatic carbocycles. The average molecular weight is 436 g/mol. The molecule has 7 nitrogen and oxygen atoms in total. The lowest BCUT2D eigenvalue weighted by molar-refractivity contribution is -0.138. The predicted octanol–water partition coefficient (Wildman–Crippen LogP) is 3.32. The van der Waals surface area contributed by atoms with Crippen molar-refractivity contribution in [2.45, 2.75) is 26.2 Å². The molecule has 1 N–H and O–H groups in total. The Kier molecular flexibility index (Phi) is 6.73. The first-order chi connectivity index (χ1) is 15.6. The summed E-state index contributed by atoms with van der Waals surface area (Å²) in [7, 11) is 0. The summed E-state index contributed by atoms with van der Waals surface area (Å²) < 4.78 is 5.58. The third-order valence-corrected chi connectivity index (χ3v) is 6.16. The second kappa shape index (κ2) is 9.85. The van der Waals surface area contributed by atoms with Crippen molar-refractivity contribution in [3.8, 4) is 5.75 Å². The van der Waals surface area contributed by atoms with Gasteiger partial charge in [0, 0.05) is 37.7 Å². The minimum Gasteiger partial charge on any atom is -0.492 e. The maximum atomic E-state index is 13.0. The number of hydrogen-bond donors (Lipinski definition) is 1. The normalized spacial score (nSPS) is 19.2. The van der Waals surface area contributed by atoms with Crippen molar-refractivity contribution in [2.75, 3.05) is 36.5 Å². The van der Waals surface area contributed by atoms with Gasteiger partial charge in [-0.25, -0.2) is 0 Å². The number of amides is 3. The highest BCUT2D eigenvalue weighted by Crippen LogP contribution is 2.29. The fraction of sp³-hybridized carbons (Fsp3) is 0.400. The van der Waals surface area contributed by atoms with E-state index in [0.717, 1.165) is 5.69 Å². The molecule has 2 aliphatic rings. The molecule has 32 heavy (non-hydrogen) atoms. The van der Waals surface area contributed by atoms with Gasteiger partial charge in [0.25, 0.3) is 0 Å². The fourth-order valence-corrected chi connectivity index (χ4v) is 4.44. The zero-order chi connectivity index (χ0) is 22.5. The summed E-state index contributed by atoms with van der Waals surface area (Å²) >= 11 is 0.